The zero-order chi connectivity index (χ0) is 30.1. The van der Waals surface area contributed by atoms with Crippen molar-refractivity contribution in [1.29, 1.82) is 0 Å². The average Bonchev–Trinajstić information content (AvgIpc) is 3.61. The Morgan fingerprint density at radius 3 is 2.71 bits per heavy atom. The summed E-state index contributed by atoms with van der Waals surface area (Å²) < 4.78 is 16.9. The molecule has 0 spiro atoms. The van der Waals surface area contributed by atoms with Gasteiger partial charge in [0, 0.05) is 17.7 Å². The topological polar surface area (TPSA) is 152 Å². The van der Waals surface area contributed by atoms with E-state index >= 15 is 0 Å². The Kier molecular flexibility index (Phi) is 7.79. The lowest BCUT2D eigenvalue weighted by atomic mass is 9.74. The van der Waals surface area contributed by atoms with Gasteiger partial charge >= 0.3 is 6.16 Å². The Morgan fingerprint density at radius 1 is 1.21 bits per heavy atom. The number of hydrogen-bond donors (Lipinski definition) is 4. The minimum absolute atomic E-state index is 0.0826. The minimum atomic E-state index is -1.44. The van der Waals surface area contributed by atoms with Crippen LogP contribution in [0.5, 0.6) is 5.75 Å². The van der Waals surface area contributed by atoms with Crippen LogP contribution in [0.25, 0.3) is 5.70 Å². The predicted octanol–water partition coefficient (Wildman–Crippen LogP) is 4.22. The van der Waals surface area contributed by atoms with Crippen molar-refractivity contribution >= 4 is 29.7 Å². The molecule has 11 nitrogen and oxygen atoms in total. The van der Waals surface area contributed by atoms with Crippen molar-refractivity contribution in [2.75, 3.05) is 12.4 Å². The second kappa shape index (κ2) is 11.3. The number of rotatable bonds is 10. The fourth-order valence-corrected chi connectivity index (χ4v) is 5.69. The molecule has 3 aromatic rings. The summed E-state index contributed by atoms with van der Waals surface area (Å²) in [6, 6.07) is 13.1. The number of amides is 1. The molecule has 11 heteroatoms. The molecule has 2 aromatic carbocycles. The molecule has 0 radical (unpaired) electrons. The number of benzene rings is 2. The third-order valence-corrected chi connectivity index (χ3v) is 7.53. The number of anilines is 1. The quantitative estimate of drug-likeness (QED) is 0.205. The molecule has 4 N–H and O–H groups in total. The number of carboxylic acid groups (broad SMARTS) is 1. The van der Waals surface area contributed by atoms with Gasteiger partial charge in [-0.2, -0.15) is 0 Å². The predicted molar refractivity (Wildman–Crippen MR) is 154 cm³/mol. The highest BCUT2D eigenvalue weighted by Crippen LogP contribution is 2.55. The van der Waals surface area contributed by atoms with Crippen molar-refractivity contribution < 1.29 is 33.4 Å². The van der Waals surface area contributed by atoms with Crippen molar-refractivity contribution in [2.45, 2.75) is 57.9 Å². The highest BCUT2D eigenvalue weighted by atomic mass is 16.7. The number of aromatic nitrogens is 1. The molecule has 42 heavy (non-hydrogen) atoms. The van der Waals surface area contributed by atoms with Crippen molar-refractivity contribution in [3.05, 3.63) is 83.1 Å². The largest absolute Gasteiger partial charge is 0.506 e. The van der Waals surface area contributed by atoms with Crippen LogP contribution in [0, 0.1) is 5.41 Å². The zero-order valence-electron chi connectivity index (χ0n) is 23.9. The van der Waals surface area contributed by atoms with Gasteiger partial charge in [-0.3, -0.25) is 4.79 Å². The van der Waals surface area contributed by atoms with E-state index in [0.29, 0.717) is 18.6 Å². The summed E-state index contributed by atoms with van der Waals surface area (Å²) in [6.45, 7) is 5.55. The van der Waals surface area contributed by atoms with Crippen LogP contribution < -0.4 is 20.7 Å². The number of aldehydes is 1. The Bertz CT molecular complexity index is 1540. The number of oxazole rings is 1. The molecule has 0 saturated carbocycles. The number of aryl methyl sites for hydroxylation is 1. The zero-order valence-corrected chi connectivity index (χ0v) is 23.9. The van der Waals surface area contributed by atoms with Gasteiger partial charge in [0.05, 0.1) is 6.04 Å². The fraction of sp³-hybridized carbons (Fsp3) is 0.355. The van der Waals surface area contributed by atoms with Crippen LogP contribution in [0.4, 0.5) is 10.5 Å². The molecule has 0 aliphatic carbocycles. The lowest BCUT2D eigenvalue weighted by molar-refractivity contribution is -0.124. The number of nitrogens with one attached hydrogen (secondary N) is 3. The van der Waals surface area contributed by atoms with Crippen LogP contribution in [0.1, 0.15) is 55.5 Å². The number of para-hydroxylation sites is 1. The summed E-state index contributed by atoms with van der Waals surface area (Å²) in [5, 5.41) is 18.5. The van der Waals surface area contributed by atoms with Gasteiger partial charge in [0.25, 0.3) is 0 Å². The maximum absolute atomic E-state index is 13.7. The molecule has 3 heterocycles. The Balaban J connectivity index is 1.68. The van der Waals surface area contributed by atoms with Crippen molar-refractivity contribution in [3.8, 4) is 5.75 Å². The summed E-state index contributed by atoms with van der Waals surface area (Å²) in [6.07, 6.45) is 3.04. The smallest absolute Gasteiger partial charge is 0.469 e. The lowest BCUT2D eigenvalue weighted by Crippen LogP contribution is -2.50. The molecule has 1 aromatic heterocycles. The molecule has 220 valence electrons. The molecule has 2 unspecified atom stereocenters. The molecule has 1 amide bonds. The first kappa shape index (κ1) is 28.9. The highest BCUT2D eigenvalue weighted by molar-refractivity contribution is 5.91. The first-order valence-corrected chi connectivity index (χ1v) is 13.7. The first-order chi connectivity index (χ1) is 20.1. The third-order valence-electron chi connectivity index (χ3n) is 7.53. The van der Waals surface area contributed by atoms with Gasteiger partial charge in [0.2, 0.25) is 11.8 Å². The number of fused-ring (bicyclic) bond motifs is 5. The number of carbonyl (C=O) groups excluding carboxylic acids is 2. The van der Waals surface area contributed by atoms with Crippen molar-refractivity contribution in [3.63, 3.8) is 0 Å². The standard InChI is InChI=1S/C31H34N4O7/c1-30(2,3)25(32-4)26(37)34-23(27-33-19(16-40-27)17-41-29(38)39)15-31-20-9-5-6-10-22(20)35-28(31)42-24-12-11-18(8-7-13-36)14-21(24)31/h5-6,9-16,25,28,32,35H,7-8,17H2,1-4H3,(H,34,37)(H,38,39)/b23-15+/t25?,28?,31-/m0/s1. The van der Waals surface area contributed by atoms with Crippen molar-refractivity contribution in [2.24, 2.45) is 5.41 Å². The summed E-state index contributed by atoms with van der Waals surface area (Å²) in [7, 11) is 1.72. The molecule has 0 bridgehead atoms. The lowest BCUT2D eigenvalue weighted by Gasteiger charge is -2.30. The van der Waals surface area contributed by atoms with E-state index in [2.05, 4.69) is 25.7 Å². The monoisotopic (exact) mass is 574 g/mol. The number of carbonyl (C=O) groups is 3. The van der Waals surface area contributed by atoms with E-state index in [1.165, 1.54) is 6.26 Å². The normalized spacial score (nSPS) is 19.5. The van der Waals surface area contributed by atoms with Crippen LogP contribution in [0.2, 0.25) is 0 Å². The van der Waals surface area contributed by atoms with Crippen LogP contribution in [0.15, 0.2) is 59.2 Å². The van der Waals surface area contributed by atoms with E-state index in [-0.39, 0.29) is 29.8 Å². The summed E-state index contributed by atoms with van der Waals surface area (Å²) in [5.74, 6) is 0.451. The molecule has 5 rings (SSSR count). The number of nitrogens with zero attached hydrogens (tertiary/aromatic N) is 1. The van der Waals surface area contributed by atoms with E-state index < -0.39 is 29.3 Å². The number of hydrogen-bond acceptors (Lipinski definition) is 9. The van der Waals surface area contributed by atoms with Crippen LogP contribution >= 0.6 is 0 Å². The van der Waals surface area contributed by atoms with Crippen LogP contribution in [0.3, 0.4) is 0 Å². The fourth-order valence-electron chi connectivity index (χ4n) is 5.69. The van der Waals surface area contributed by atoms with Gasteiger partial charge in [-0.05, 0) is 48.2 Å². The van der Waals surface area contributed by atoms with E-state index in [9.17, 15) is 14.4 Å². The maximum Gasteiger partial charge on any atom is 0.506 e. The van der Waals surface area contributed by atoms with Gasteiger partial charge in [-0.25, -0.2) is 9.78 Å². The van der Waals surface area contributed by atoms with E-state index in [1.54, 1.807) is 7.05 Å². The van der Waals surface area contributed by atoms with Crippen LogP contribution in [-0.2, 0) is 32.8 Å². The molecular formula is C31H34N4O7. The van der Waals surface area contributed by atoms with Gasteiger partial charge in [-0.1, -0.05) is 51.1 Å². The second-order valence-electron chi connectivity index (χ2n) is 11.4. The number of ether oxygens (including phenoxy) is 2. The molecule has 0 saturated heterocycles. The average molecular weight is 575 g/mol. The Labute approximate surface area is 243 Å². The van der Waals surface area contributed by atoms with E-state index in [4.69, 9.17) is 14.3 Å². The van der Waals surface area contributed by atoms with Gasteiger partial charge in [0.1, 0.15) is 41.7 Å². The first-order valence-electron chi connectivity index (χ1n) is 13.7. The Morgan fingerprint density at radius 2 is 2.00 bits per heavy atom. The molecule has 2 aliphatic rings. The molecular weight excluding hydrogens is 540 g/mol. The third kappa shape index (κ3) is 5.35. The van der Waals surface area contributed by atoms with Crippen LogP contribution in [-0.4, -0.2) is 47.8 Å². The highest BCUT2D eigenvalue weighted by Gasteiger charge is 2.55. The van der Waals surface area contributed by atoms with E-state index in [0.717, 1.165) is 28.7 Å². The minimum Gasteiger partial charge on any atom is -0.469 e. The summed E-state index contributed by atoms with van der Waals surface area (Å²) in [4.78, 5) is 40.2. The van der Waals surface area contributed by atoms with E-state index in [1.807, 2.05) is 69.3 Å². The molecule has 3 atom stereocenters. The van der Waals surface area contributed by atoms with Crippen molar-refractivity contribution in [1.82, 2.24) is 15.6 Å². The van der Waals surface area contributed by atoms with Gasteiger partial charge in [-0.15, -0.1) is 0 Å². The van der Waals surface area contributed by atoms with Gasteiger partial charge in [0.15, 0.2) is 6.23 Å². The summed E-state index contributed by atoms with van der Waals surface area (Å²) >= 11 is 0. The summed E-state index contributed by atoms with van der Waals surface area (Å²) in [5.41, 5.74) is 2.83. The Hall–Kier alpha value is -4.64. The molecule has 0 fully saturated rings. The second-order valence-corrected chi connectivity index (χ2v) is 11.4. The number of likely N-dealkylation sites (N-methyl/N-ethyl adjacent to an activating group) is 1. The maximum atomic E-state index is 13.7. The SMILES string of the molecule is CNC(C(=O)N/C(=C/[C@@]12c3ccccc3NC1Oc1ccc(CCC=O)cc12)c1nc(COC(=O)O)co1)C(C)(C)C. The molecule has 2 aliphatic heterocycles. The van der Waals surface area contributed by atoms with Gasteiger partial charge < -0.3 is 39.7 Å².